The van der Waals surface area contributed by atoms with E-state index in [2.05, 4.69) is 33.0 Å². The number of hydrogen-bond donors (Lipinski definition) is 1. The number of hydrogen-bond acceptors (Lipinski definition) is 3. The summed E-state index contributed by atoms with van der Waals surface area (Å²) in [5.74, 6) is 0. The maximum atomic E-state index is 10.8. The Morgan fingerprint density at radius 2 is 2.00 bits per heavy atom. The van der Waals surface area contributed by atoms with Gasteiger partial charge in [0.25, 0.3) is 5.69 Å². The monoisotopic (exact) mass is 278 g/mol. The standard InChI is InChI=1S/C16H26N2O2/c1-6-9-17-15(16(3,4)5)11-13-7-8-14(18(19)20)12(2)10-13/h7-8,10,15,17H,6,9,11H2,1-5H3. The van der Waals surface area contributed by atoms with E-state index in [4.69, 9.17) is 0 Å². The van der Waals surface area contributed by atoms with E-state index < -0.39 is 0 Å². The summed E-state index contributed by atoms with van der Waals surface area (Å²) in [6.07, 6.45) is 1.99. The Morgan fingerprint density at radius 3 is 2.45 bits per heavy atom. The van der Waals surface area contributed by atoms with Crippen LogP contribution in [-0.2, 0) is 6.42 Å². The molecule has 1 N–H and O–H groups in total. The summed E-state index contributed by atoms with van der Waals surface area (Å²) in [7, 11) is 0. The molecular weight excluding hydrogens is 252 g/mol. The zero-order valence-electron chi connectivity index (χ0n) is 13.2. The molecule has 1 aromatic carbocycles. The Bertz CT molecular complexity index is 464. The molecule has 0 bridgehead atoms. The van der Waals surface area contributed by atoms with Crippen molar-refractivity contribution in [2.75, 3.05) is 6.54 Å². The molecule has 20 heavy (non-hydrogen) atoms. The minimum atomic E-state index is -0.324. The van der Waals surface area contributed by atoms with Crippen LogP contribution in [0.5, 0.6) is 0 Å². The Hall–Kier alpha value is -1.42. The third kappa shape index (κ3) is 4.60. The van der Waals surface area contributed by atoms with Crippen molar-refractivity contribution < 1.29 is 4.92 Å². The number of benzene rings is 1. The predicted molar refractivity (Wildman–Crippen MR) is 83.1 cm³/mol. The zero-order chi connectivity index (χ0) is 15.3. The van der Waals surface area contributed by atoms with Crippen LogP contribution in [0.4, 0.5) is 5.69 Å². The highest BCUT2D eigenvalue weighted by Crippen LogP contribution is 2.25. The summed E-state index contributed by atoms with van der Waals surface area (Å²) in [4.78, 5) is 10.5. The van der Waals surface area contributed by atoms with Gasteiger partial charge in [-0.3, -0.25) is 10.1 Å². The SMILES string of the molecule is CCCNC(Cc1ccc([N+](=O)[O-])c(C)c1)C(C)(C)C. The van der Waals surface area contributed by atoms with Crippen LogP contribution in [0.2, 0.25) is 0 Å². The minimum Gasteiger partial charge on any atom is -0.313 e. The Kier molecular flexibility index (Phi) is 5.69. The van der Waals surface area contributed by atoms with Gasteiger partial charge in [-0.2, -0.15) is 0 Å². The van der Waals surface area contributed by atoms with Gasteiger partial charge < -0.3 is 5.32 Å². The van der Waals surface area contributed by atoms with E-state index in [9.17, 15) is 10.1 Å². The molecule has 0 aliphatic carbocycles. The fourth-order valence-corrected chi connectivity index (χ4v) is 2.29. The van der Waals surface area contributed by atoms with Crippen LogP contribution >= 0.6 is 0 Å². The molecule has 1 aromatic rings. The molecule has 0 aromatic heterocycles. The van der Waals surface area contributed by atoms with E-state index in [0.717, 1.165) is 30.5 Å². The highest BCUT2D eigenvalue weighted by atomic mass is 16.6. The molecule has 0 amide bonds. The fourth-order valence-electron chi connectivity index (χ4n) is 2.29. The van der Waals surface area contributed by atoms with Crippen molar-refractivity contribution in [1.82, 2.24) is 5.32 Å². The van der Waals surface area contributed by atoms with E-state index in [1.807, 2.05) is 12.1 Å². The first kappa shape index (κ1) is 16.6. The topological polar surface area (TPSA) is 55.2 Å². The van der Waals surface area contributed by atoms with Crippen LogP contribution in [0.1, 0.15) is 45.2 Å². The van der Waals surface area contributed by atoms with Crippen molar-refractivity contribution in [1.29, 1.82) is 0 Å². The van der Waals surface area contributed by atoms with Gasteiger partial charge in [-0.1, -0.05) is 33.8 Å². The molecule has 1 rings (SSSR count). The first-order valence-electron chi connectivity index (χ1n) is 7.23. The molecule has 0 heterocycles. The van der Waals surface area contributed by atoms with Crippen LogP contribution in [-0.4, -0.2) is 17.5 Å². The molecule has 0 aliphatic heterocycles. The summed E-state index contributed by atoms with van der Waals surface area (Å²) in [6, 6.07) is 5.79. The maximum absolute atomic E-state index is 10.8. The van der Waals surface area contributed by atoms with Crippen molar-refractivity contribution in [3.8, 4) is 0 Å². The second-order valence-corrected chi connectivity index (χ2v) is 6.45. The van der Waals surface area contributed by atoms with E-state index in [-0.39, 0.29) is 16.0 Å². The van der Waals surface area contributed by atoms with Gasteiger partial charge in [0.1, 0.15) is 0 Å². The van der Waals surface area contributed by atoms with E-state index in [1.54, 1.807) is 13.0 Å². The van der Waals surface area contributed by atoms with Crippen LogP contribution in [0, 0.1) is 22.5 Å². The Morgan fingerprint density at radius 1 is 1.35 bits per heavy atom. The quantitative estimate of drug-likeness (QED) is 0.635. The number of rotatable bonds is 6. The summed E-state index contributed by atoms with van der Waals surface area (Å²) in [5.41, 5.74) is 2.24. The van der Waals surface area contributed by atoms with Gasteiger partial charge in [0.2, 0.25) is 0 Å². The molecule has 1 unspecified atom stereocenters. The molecule has 0 radical (unpaired) electrons. The predicted octanol–water partition coefficient (Wildman–Crippen LogP) is 3.86. The lowest BCUT2D eigenvalue weighted by Gasteiger charge is -2.32. The molecule has 0 spiro atoms. The molecule has 1 atom stereocenters. The van der Waals surface area contributed by atoms with Crippen molar-refractivity contribution >= 4 is 5.69 Å². The van der Waals surface area contributed by atoms with Gasteiger partial charge in [0, 0.05) is 17.7 Å². The summed E-state index contributed by atoms with van der Waals surface area (Å²) >= 11 is 0. The normalized spacial score (nSPS) is 13.2. The van der Waals surface area contributed by atoms with Gasteiger partial charge >= 0.3 is 0 Å². The molecule has 0 saturated heterocycles. The molecule has 4 heteroatoms. The fraction of sp³-hybridized carbons (Fsp3) is 0.625. The number of nitro groups is 1. The maximum Gasteiger partial charge on any atom is 0.272 e. The lowest BCUT2D eigenvalue weighted by molar-refractivity contribution is -0.385. The highest BCUT2D eigenvalue weighted by Gasteiger charge is 2.24. The summed E-state index contributed by atoms with van der Waals surface area (Å²) in [5, 5.41) is 14.4. The van der Waals surface area contributed by atoms with E-state index in [0.29, 0.717) is 6.04 Å². The van der Waals surface area contributed by atoms with Crippen LogP contribution < -0.4 is 5.32 Å². The summed E-state index contributed by atoms with van der Waals surface area (Å²) < 4.78 is 0. The number of nitrogens with one attached hydrogen (secondary N) is 1. The summed E-state index contributed by atoms with van der Waals surface area (Å²) in [6.45, 7) is 11.6. The number of nitro benzene ring substituents is 1. The van der Waals surface area contributed by atoms with Crippen molar-refractivity contribution in [2.45, 2.75) is 53.5 Å². The van der Waals surface area contributed by atoms with Gasteiger partial charge in [-0.05, 0) is 43.4 Å². The van der Waals surface area contributed by atoms with Gasteiger partial charge in [0.15, 0.2) is 0 Å². The molecule has 112 valence electrons. The van der Waals surface area contributed by atoms with Crippen LogP contribution in [0.25, 0.3) is 0 Å². The van der Waals surface area contributed by atoms with Gasteiger partial charge in [-0.15, -0.1) is 0 Å². The first-order valence-corrected chi connectivity index (χ1v) is 7.23. The lowest BCUT2D eigenvalue weighted by Crippen LogP contribution is -2.42. The van der Waals surface area contributed by atoms with Crippen LogP contribution in [0.3, 0.4) is 0 Å². The minimum absolute atomic E-state index is 0.158. The highest BCUT2D eigenvalue weighted by molar-refractivity contribution is 5.42. The van der Waals surface area contributed by atoms with Crippen molar-refractivity contribution in [3.05, 3.63) is 39.4 Å². The van der Waals surface area contributed by atoms with Crippen molar-refractivity contribution in [2.24, 2.45) is 5.41 Å². The number of nitrogens with zero attached hydrogens (tertiary/aromatic N) is 1. The van der Waals surface area contributed by atoms with Crippen LogP contribution in [0.15, 0.2) is 18.2 Å². The lowest BCUT2D eigenvalue weighted by atomic mass is 9.82. The van der Waals surface area contributed by atoms with E-state index >= 15 is 0 Å². The van der Waals surface area contributed by atoms with Gasteiger partial charge in [0.05, 0.1) is 4.92 Å². The zero-order valence-corrected chi connectivity index (χ0v) is 13.2. The second-order valence-electron chi connectivity index (χ2n) is 6.45. The third-order valence-corrected chi connectivity index (χ3v) is 3.58. The Labute approximate surface area is 121 Å². The smallest absolute Gasteiger partial charge is 0.272 e. The first-order chi connectivity index (χ1) is 9.25. The largest absolute Gasteiger partial charge is 0.313 e. The Balaban J connectivity index is 2.88. The van der Waals surface area contributed by atoms with Crippen molar-refractivity contribution in [3.63, 3.8) is 0 Å². The molecule has 0 saturated carbocycles. The second kappa shape index (κ2) is 6.84. The molecule has 4 nitrogen and oxygen atoms in total. The average molecular weight is 278 g/mol. The average Bonchev–Trinajstić information content (AvgIpc) is 2.32. The molecule has 0 aliphatic rings. The molecular formula is C16H26N2O2. The number of aryl methyl sites for hydroxylation is 1. The third-order valence-electron chi connectivity index (χ3n) is 3.58. The van der Waals surface area contributed by atoms with E-state index in [1.165, 1.54) is 0 Å². The molecule has 0 fully saturated rings. The van der Waals surface area contributed by atoms with Gasteiger partial charge in [-0.25, -0.2) is 0 Å².